The topological polar surface area (TPSA) is 150 Å². The van der Waals surface area contributed by atoms with Crippen molar-refractivity contribution in [3.63, 3.8) is 0 Å². The Morgan fingerprint density at radius 1 is 0.830 bits per heavy atom. The van der Waals surface area contributed by atoms with Gasteiger partial charge in [0.05, 0.1) is 33.6 Å². The molecule has 0 saturated carbocycles. The Bertz CT molecular complexity index is 2310. The first-order chi connectivity index (χ1) is 25.7. The Morgan fingerprint density at radius 2 is 1.53 bits per heavy atom. The second-order valence-corrected chi connectivity index (χ2v) is 13.3. The number of carboxylic acid groups (broad SMARTS) is 1. The fraction of sp³-hybridized carbons (Fsp3) is 0.163. The summed E-state index contributed by atoms with van der Waals surface area (Å²) in [5.74, 6) is -4.31. The highest BCUT2D eigenvalue weighted by Crippen LogP contribution is 2.58. The lowest BCUT2D eigenvalue weighted by Crippen LogP contribution is -2.33. The third kappa shape index (κ3) is 5.59. The van der Waals surface area contributed by atoms with E-state index in [-0.39, 0.29) is 40.0 Å². The highest BCUT2D eigenvalue weighted by atomic mass is 16.6. The zero-order valence-electron chi connectivity index (χ0n) is 28.1. The number of allylic oxidation sites excluding steroid dienone is 2. The van der Waals surface area contributed by atoms with Gasteiger partial charge >= 0.3 is 29.8 Å². The number of hydrogen-bond donors (Lipinski definition) is 1. The normalized spacial score (nSPS) is 19.4. The predicted molar refractivity (Wildman–Crippen MR) is 189 cm³/mol. The largest absolute Gasteiger partial charge is 0.478 e. The van der Waals surface area contributed by atoms with E-state index < -0.39 is 47.3 Å². The van der Waals surface area contributed by atoms with Crippen molar-refractivity contribution in [3.8, 4) is 16.9 Å². The van der Waals surface area contributed by atoms with E-state index in [0.29, 0.717) is 25.5 Å². The number of rotatable bonds is 8. The van der Waals surface area contributed by atoms with Gasteiger partial charge in [0.1, 0.15) is 11.9 Å². The quantitative estimate of drug-likeness (QED) is 0.0689. The summed E-state index contributed by atoms with van der Waals surface area (Å²) in [6.45, 7) is 0. The molecule has 1 heterocycles. The fourth-order valence-corrected chi connectivity index (χ4v) is 7.96. The van der Waals surface area contributed by atoms with Gasteiger partial charge in [0.15, 0.2) is 6.29 Å². The molecule has 10 nitrogen and oxygen atoms in total. The van der Waals surface area contributed by atoms with Crippen molar-refractivity contribution in [1.82, 2.24) is 0 Å². The monoisotopic (exact) mass is 706 g/mol. The molecule has 4 aliphatic rings. The van der Waals surface area contributed by atoms with Crippen molar-refractivity contribution in [2.75, 3.05) is 0 Å². The number of benzene rings is 4. The molecule has 10 heteroatoms. The average molecular weight is 707 g/mol. The maximum absolute atomic E-state index is 13.2. The van der Waals surface area contributed by atoms with Crippen LogP contribution in [0.2, 0.25) is 0 Å². The van der Waals surface area contributed by atoms with Gasteiger partial charge in [-0.1, -0.05) is 78.4 Å². The number of aromatic carboxylic acids is 1. The number of aldehydes is 1. The molecule has 0 radical (unpaired) electrons. The molecule has 0 aromatic heterocycles. The van der Waals surface area contributed by atoms with E-state index in [9.17, 15) is 33.9 Å². The number of carbonyl (C=O) groups excluding carboxylic acids is 5. The molecule has 0 amide bonds. The number of ether oxygens (including phenoxy) is 3. The first-order valence-corrected chi connectivity index (χ1v) is 17.1. The van der Waals surface area contributed by atoms with Crippen LogP contribution in [-0.2, 0) is 29.3 Å². The zero-order chi connectivity index (χ0) is 36.9. The molecule has 2 unspecified atom stereocenters. The van der Waals surface area contributed by atoms with Crippen molar-refractivity contribution in [3.05, 3.63) is 159 Å². The minimum atomic E-state index is -1.28. The molecule has 1 saturated heterocycles. The van der Waals surface area contributed by atoms with Crippen molar-refractivity contribution < 1.29 is 48.1 Å². The molecule has 1 aliphatic heterocycles. The Labute approximate surface area is 303 Å². The van der Waals surface area contributed by atoms with Gasteiger partial charge in [-0.15, -0.1) is 0 Å². The van der Waals surface area contributed by atoms with Crippen molar-refractivity contribution in [1.29, 1.82) is 0 Å². The number of carbonyl (C=O) groups is 6. The van der Waals surface area contributed by atoms with Crippen molar-refractivity contribution >= 4 is 36.1 Å². The molecule has 4 aromatic carbocycles. The first kappa shape index (κ1) is 33.5. The van der Waals surface area contributed by atoms with Gasteiger partial charge in [-0.05, 0) is 83.5 Å². The van der Waals surface area contributed by atoms with E-state index in [1.165, 1.54) is 24.3 Å². The van der Waals surface area contributed by atoms with Crippen LogP contribution in [0.25, 0.3) is 11.1 Å². The van der Waals surface area contributed by atoms with Crippen LogP contribution in [0.15, 0.2) is 126 Å². The van der Waals surface area contributed by atoms with Gasteiger partial charge in [0.25, 0.3) is 0 Å². The lowest BCUT2D eigenvalue weighted by atomic mass is 9.64. The lowest BCUT2D eigenvalue weighted by Gasteiger charge is -2.38. The number of esters is 4. The maximum atomic E-state index is 13.2. The van der Waals surface area contributed by atoms with Gasteiger partial charge < -0.3 is 19.3 Å². The van der Waals surface area contributed by atoms with Crippen LogP contribution in [0, 0.1) is 5.92 Å². The SMILES string of the molecule is O=Cc1cc(C(=O)Oc2ccc(C3(C4=CCC(OC(=O)C5=CCC6C(=O)OC(=O)C6=C5)CC4)c4ccccc4-c4ccccc43)cc2)ccc1C(=O)O. The molecular weight excluding hydrogens is 676 g/mol. The van der Waals surface area contributed by atoms with Crippen LogP contribution in [0.3, 0.4) is 0 Å². The molecule has 3 aliphatic carbocycles. The van der Waals surface area contributed by atoms with Gasteiger partial charge in [0, 0.05) is 12.0 Å². The summed E-state index contributed by atoms with van der Waals surface area (Å²) in [5, 5.41) is 9.33. The Hall–Kier alpha value is -6.68. The van der Waals surface area contributed by atoms with Gasteiger partial charge in [0.2, 0.25) is 0 Å². The maximum Gasteiger partial charge on any atom is 0.343 e. The Morgan fingerprint density at radius 3 is 2.17 bits per heavy atom. The van der Waals surface area contributed by atoms with E-state index in [1.54, 1.807) is 18.2 Å². The molecule has 1 fully saturated rings. The molecular formula is C43H30O10. The summed E-state index contributed by atoms with van der Waals surface area (Å²) in [7, 11) is 0. The van der Waals surface area contributed by atoms with Gasteiger partial charge in [-0.25, -0.2) is 19.2 Å². The molecule has 262 valence electrons. The van der Waals surface area contributed by atoms with E-state index >= 15 is 0 Å². The van der Waals surface area contributed by atoms with Crippen LogP contribution in [-0.4, -0.2) is 47.3 Å². The van der Waals surface area contributed by atoms with Crippen LogP contribution in [0.5, 0.6) is 5.75 Å². The lowest BCUT2D eigenvalue weighted by molar-refractivity contribution is -0.152. The van der Waals surface area contributed by atoms with Gasteiger partial charge in [-0.2, -0.15) is 0 Å². The van der Waals surface area contributed by atoms with Crippen molar-refractivity contribution in [2.24, 2.45) is 5.92 Å². The summed E-state index contributed by atoms with van der Waals surface area (Å²) in [4.78, 5) is 73.2. The van der Waals surface area contributed by atoms with E-state index in [0.717, 1.165) is 33.4 Å². The minimum absolute atomic E-state index is 0.0377. The highest BCUT2D eigenvalue weighted by Gasteiger charge is 2.48. The van der Waals surface area contributed by atoms with Crippen molar-refractivity contribution in [2.45, 2.75) is 37.2 Å². The number of hydrogen-bond acceptors (Lipinski definition) is 9. The highest BCUT2D eigenvalue weighted by molar-refractivity contribution is 6.10. The second-order valence-electron chi connectivity index (χ2n) is 13.3. The third-order valence-electron chi connectivity index (χ3n) is 10.4. The standard InChI is InChI=1S/C43H30O10/c44-23-26-21-24(9-19-31(26)38(45)46)39(47)51-29-15-11-27(12-16-29)43(36-7-3-1-5-32(36)33-6-2-4-8-37(33)43)28-13-17-30(18-14-28)52-40(48)25-10-20-34-35(22-25)42(50)53-41(34)49/h1-13,15-16,19,21-23,30,34H,14,17-18,20H2,(H,45,46). The summed E-state index contributed by atoms with van der Waals surface area (Å²) in [5.41, 5.74) is 5.87. The van der Waals surface area contributed by atoms with Gasteiger partial charge in [-0.3, -0.25) is 9.59 Å². The molecule has 0 bridgehead atoms. The zero-order valence-corrected chi connectivity index (χ0v) is 28.1. The van der Waals surface area contributed by atoms with Crippen LogP contribution >= 0.6 is 0 Å². The Balaban J connectivity index is 1.09. The van der Waals surface area contributed by atoms with Crippen LogP contribution < -0.4 is 4.74 Å². The van der Waals surface area contributed by atoms with E-state index in [2.05, 4.69) is 30.3 Å². The number of cyclic esters (lactones) is 2. The molecule has 0 spiro atoms. The molecule has 4 aromatic rings. The first-order valence-electron chi connectivity index (χ1n) is 17.1. The summed E-state index contributed by atoms with van der Waals surface area (Å²) < 4.78 is 16.3. The van der Waals surface area contributed by atoms with E-state index in [1.807, 2.05) is 36.4 Å². The van der Waals surface area contributed by atoms with Crippen LogP contribution in [0.1, 0.15) is 73.4 Å². The molecule has 53 heavy (non-hydrogen) atoms. The fourth-order valence-electron chi connectivity index (χ4n) is 7.96. The molecule has 2 atom stereocenters. The summed E-state index contributed by atoms with van der Waals surface area (Å²) in [6.07, 6.45) is 6.94. The number of fused-ring (bicyclic) bond motifs is 4. The molecule has 1 N–H and O–H groups in total. The summed E-state index contributed by atoms with van der Waals surface area (Å²) in [6, 6.07) is 27.5. The molecule has 8 rings (SSSR count). The van der Waals surface area contributed by atoms with Crippen LogP contribution in [0.4, 0.5) is 0 Å². The predicted octanol–water partition coefficient (Wildman–Crippen LogP) is 6.71. The minimum Gasteiger partial charge on any atom is -0.478 e. The smallest absolute Gasteiger partial charge is 0.343 e. The second kappa shape index (κ2) is 13.1. The third-order valence-corrected chi connectivity index (χ3v) is 10.4. The van der Waals surface area contributed by atoms with E-state index in [4.69, 9.17) is 14.2 Å². The average Bonchev–Trinajstić information content (AvgIpc) is 3.65. The summed E-state index contributed by atoms with van der Waals surface area (Å²) >= 11 is 0. The Kier molecular flexibility index (Phi) is 8.29. The number of carboxylic acids is 1.